The fourth-order valence-corrected chi connectivity index (χ4v) is 4.39. The minimum atomic E-state index is -1.72. The summed E-state index contributed by atoms with van der Waals surface area (Å²) >= 11 is 26.8. The van der Waals surface area contributed by atoms with Crippen molar-refractivity contribution in [1.29, 1.82) is 0 Å². The number of halogens is 8. The first-order valence-corrected chi connectivity index (χ1v) is 18.6. The maximum atomic E-state index is 11.5. The van der Waals surface area contributed by atoms with Gasteiger partial charge in [-0.2, -0.15) is 0 Å². The zero-order valence-electron chi connectivity index (χ0n) is 20.5. The van der Waals surface area contributed by atoms with Crippen molar-refractivity contribution in [3.05, 3.63) is 104 Å². The molecule has 2 nitrogen and oxygen atoms in total. The molecule has 0 fully saturated rings. The summed E-state index contributed by atoms with van der Waals surface area (Å²) in [6.07, 6.45) is 1.40. The topological polar surface area (TPSA) is 34.1 Å². The summed E-state index contributed by atoms with van der Waals surface area (Å²) in [5.74, 6) is 0.647. The minimum Gasteiger partial charge on any atom is -0.294 e. The van der Waals surface area contributed by atoms with Crippen LogP contribution in [0.15, 0.2) is 66.7 Å². The van der Waals surface area contributed by atoms with Gasteiger partial charge in [0.2, 0.25) is 5.24 Å². The summed E-state index contributed by atoms with van der Waals surface area (Å²) in [4.78, 5) is 22.3. The lowest BCUT2D eigenvalue weighted by molar-refractivity contribution is -0.114. The highest BCUT2D eigenvalue weighted by molar-refractivity contribution is 7.54. The molecule has 0 radical (unpaired) electrons. The maximum absolute atomic E-state index is 11.5. The molecule has 11 heteroatoms. The van der Waals surface area contributed by atoms with Gasteiger partial charge in [-0.25, -0.2) is 30.1 Å². The van der Waals surface area contributed by atoms with Crippen LogP contribution in [0.1, 0.15) is 40.9 Å². The van der Waals surface area contributed by atoms with Gasteiger partial charge in [0, 0.05) is 38.3 Å². The summed E-state index contributed by atoms with van der Waals surface area (Å²) in [6, 6.07) is 20.5. The molecule has 0 N–H and O–H groups in total. The van der Waals surface area contributed by atoms with Crippen molar-refractivity contribution < 1.29 is 9.59 Å². The Labute approximate surface area is 266 Å². The third kappa shape index (κ3) is 13.0. The second kappa shape index (κ2) is 19.1. The van der Waals surface area contributed by atoms with Crippen LogP contribution in [0.4, 0.5) is 0 Å². The Balaban J connectivity index is 0.000000270. The van der Waals surface area contributed by atoms with Crippen LogP contribution in [0.3, 0.4) is 0 Å². The number of hydrogen-bond acceptors (Lipinski definition) is 2. The Morgan fingerprint density at radius 1 is 0.868 bits per heavy atom. The van der Waals surface area contributed by atoms with Crippen molar-refractivity contribution >= 4 is 111 Å². The van der Waals surface area contributed by atoms with Crippen LogP contribution < -0.4 is 0 Å². The maximum Gasteiger partial charge on any atom is 0.643 e. The number of Topliss-reactive ketones (excluding diaryl/α,β-unsaturated/α-hetero) is 1. The third-order valence-electron chi connectivity index (χ3n) is 5.32. The van der Waals surface area contributed by atoms with Crippen LogP contribution in [0.2, 0.25) is 15.1 Å². The molecular weight excluding hydrogens is 667 g/mol. The van der Waals surface area contributed by atoms with Gasteiger partial charge in [0.15, 0.2) is 5.78 Å². The van der Waals surface area contributed by atoms with Crippen molar-refractivity contribution in [1.82, 2.24) is 0 Å². The van der Waals surface area contributed by atoms with E-state index in [0.717, 1.165) is 38.7 Å². The molecule has 3 aromatic rings. The lowest BCUT2D eigenvalue weighted by Gasteiger charge is -2.07. The van der Waals surface area contributed by atoms with Gasteiger partial charge in [0.1, 0.15) is 0 Å². The largest absolute Gasteiger partial charge is 0.643 e. The summed E-state index contributed by atoms with van der Waals surface area (Å²) in [6.45, 7) is 3.73. The molecule has 4 rings (SSSR count). The fourth-order valence-electron chi connectivity index (χ4n) is 3.34. The first kappa shape index (κ1) is 35.9. The summed E-state index contributed by atoms with van der Waals surface area (Å²) in [5.41, 5.74) is 3.79. The van der Waals surface area contributed by atoms with Gasteiger partial charge in [0.25, 0.3) is 0 Å². The van der Waals surface area contributed by atoms with E-state index in [1.165, 1.54) is 0 Å². The molecule has 2 unspecified atom stereocenters. The Bertz CT molecular complexity index is 1190. The highest BCUT2D eigenvalue weighted by Gasteiger charge is 2.27. The molecule has 1 aliphatic rings. The molecule has 204 valence electrons. The Morgan fingerprint density at radius 2 is 1.34 bits per heavy atom. The quantitative estimate of drug-likeness (QED) is 0.155. The predicted octanol–water partition coefficient (Wildman–Crippen LogP) is 10.8. The molecule has 0 spiro atoms. The van der Waals surface area contributed by atoms with E-state index in [9.17, 15) is 9.59 Å². The van der Waals surface area contributed by atoms with E-state index in [-0.39, 0.29) is 22.9 Å². The smallest absolute Gasteiger partial charge is 0.294 e. The molecule has 0 amide bonds. The molecule has 0 saturated carbocycles. The van der Waals surface area contributed by atoms with Crippen LogP contribution in [-0.2, 0) is 23.5 Å². The molecule has 0 aromatic heterocycles. The number of ketones is 1. The molecule has 3 aromatic carbocycles. The number of benzene rings is 3. The van der Waals surface area contributed by atoms with E-state index in [2.05, 4.69) is 0 Å². The van der Waals surface area contributed by atoms with Gasteiger partial charge in [-0.15, -0.1) is 11.6 Å². The molecule has 0 aliphatic heterocycles. The lowest BCUT2D eigenvalue weighted by Crippen LogP contribution is -2.07. The highest BCUT2D eigenvalue weighted by Crippen LogP contribution is 2.31. The van der Waals surface area contributed by atoms with E-state index in [1.54, 1.807) is 6.92 Å². The Hall–Kier alpha value is -0.148. The normalized spacial score (nSPS) is 13.9. The minimum absolute atomic E-state index is 0.111. The number of rotatable bonds is 4. The number of hydrogen-bond donors (Lipinski definition) is 0. The number of carbonyl (C=O) groups is 2. The second-order valence-corrected chi connectivity index (χ2v) is 16.5. The van der Waals surface area contributed by atoms with Crippen molar-refractivity contribution in [2.24, 2.45) is 11.8 Å². The zero-order chi connectivity index (χ0) is 28.8. The number of alkyl halides is 1. The second-order valence-electron chi connectivity index (χ2n) is 8.21. The van der Waals surface area contributed by atoms with Crippen LogP contribution in [-0.4, -0.2) is 22.4 Å². The van der Waals surface area contributed by atoms with E-state index < -0.39 is 11.4 Å². The predicted molar refractivity (Wildman–Crippen MR) is 168 cm³/mol. The Morgan fingerprint density at radius 3 is 1.76 bits per heavy atom. The first-order valence-electron chi connectivity index (χ1n) is 11.3. The van der Waals surface area contributed by atoms with E-state index >= 15 is 0 Å². The van der Waals surface area contributed by atoms with Crippen LogP contribution in [0.25, 0.3) is 0 Å². The van der Waals surface area contributed by atoms with Crippen LogP contribution in [0, 0.1) is 11.8 Å². The molecule has 0 heterocycles. The Kier molecular flexibility index (Phi) is 18.0. The SMILES string of the molecule is CC(Cc1ccccc1Cl)C(=O)Cl.CC1Cc2c(Cl)cccc2C1=O.ClCc1ccccc1Cl.[Cl][Al]([Cl])[Cl]. The molecule has 2 atom stereocenters. The van der Waals surface area contributed by atoms with Crippen molar-refractivity contribution in [3.8, 4) is 0 Å². The van der Waals surface area contributed by atoms with Crippen molar-refractivity contribution in [3.63, 3.8) is 0 Å². The van der Waals surface area contributed by atoms with Gasteiger partial charge >= 0.3 is 11.4 Å². The zero-order valence-corrected chi connectivity index (χ0v) is 27.7. The standard InChI is InChI=1S/C10H10Cl2O.C10H9ClO.C7H6Cl2.Al.3ClH/c1-7(10(12)13)6-8-4-2-3-5-9(8)11;1-6-5-8-7(10(6)12)3-2-4-9(8)11;8-5-6-3-1-2-4-7(6)9;;;;/h2-5,7H,6H2,1H3;2-4,6H,5H2,1H3;1-4H,5H2;;3*1H/q;;;+3;;;/p-3. The molecule has 1 aliphatic carbocycles. The van der Waals surface area contributed by atoms with Gasteiger partial charge in [0.05, 0.1) is 0 Å². The van der Waals surface area contributed by atoms with Gasteiger partial charge in [-0.3, -0.25) is 9.59 Å². The van der Waals surface area contributed by atoms with Gasteiger partial charge in [-0.1, -0.05) is 97.2 Å². The lowest BCUT2D eigenvalue weighted by atomic mass is 10.0. The third-order valence-corrected chi connectivity index (χ3v) is 7.07. The molecule has 38 heavy (non-hydrogen) atoms. The van der Waals surface area contributed by atoms with E-state index in [4.69, 9.17) is 88.2 Å². The first-order chi connectivity index (χ1) is 17.9. The summed E-state index contributed by atoms with van der Waals surface area (Å²) in [5, 5.41) is 1.84. The van der Waals surface area contributed by atoms with Gasteiger partial charge in [-0.05, 0) is 59.3 Å². The van der Waals surface area contributed by atoms with Crippen molar-refractivity contribution in [2.45, 2.75) is 32.6 Å². The summed E-state index contributed by atoms with van der Waals surface area (Å²) in [7, 11) is 14.8. The van der Waals surface area contributed by atoms with Gasteiger partial charge < -0.3 is 0 Å². The van der Waals surface area contributed by atoms with Crippen LogP contribution in [0.5, 0.6) is 0 Å². The number of carbonyl (C=O) groups excluding carboxylic acids is 2. The van der Waals surface area contributed by atoms with Crippen molar-refractivity contribution in [2.75, 3.05) is 0 Å². The highest BCUT2D eigenvalue weighted by atomic mass is 35.8. The monoisotopic (exact) mass is 688 g/mol. The summed E-state index contributed by atoms with van der Waals surface area (Å²) < 4.78 is 0. The van der Waals surface area contributed by atoms with E-state index in [1.807, 2.05) is 73.7 Å². The number of fused-ring (bicyclic) bond motifs is 1. The van der Waals surface area contributed by atoms with Crippen LogP contribution >= 0.6 is 88.2 Å². The molecule has 0 bridgehead atoms. The molecule has 0 saturated heterocycles. The average Bonchev–Trinajstić information content (AvgIpc) is 3.16. The molecular formula is C27H25AlCl8O2. The average molecular weight is 692 g/mol. The van der Waals surface area contributed by atoms with E-state index in [0.29, 0.717) is 17.3 Å². The fraction of sp³-hybridized carbons (Fsp3) is 0.259.